The molecule has 4 heteroatoms. The van der Waals surface area contributed by atoms with Gasteiger partial charge in [0.2, 0.25) is 5.95 Å². The number of fused-ring (bicyclic) bond motifs is 1. The van der Waals surface area contributed by atoms with Gasteiger partial charge in [-0.1, -0.05) is 54.6 Å². The van der Waals surface area contributed by atoms with Crippen molar-refractivity contribution in [2.45, 2.75) is 31.8 Å². The molecule has 0 amide bonds. The van der Waals surface area contributed by atoms with Gasteiger partial charge in [-0.3, -0.25) is 0 Å². The third-order valence-electron chi connectivity index (χ3n) is 5.15. The Balaban J connectivity index is 1.51. The summed E-state index contributed by atoms with van der Waals surface area (Å²) in [4.78, 5) is 12.0. The molecule has 5 rings (SSSR count). The molecule has 0 atom stereocenters. The number of aromatic nitrogens is 2. The normalized spacial score (nSPS) is 16.2. The monoisotopic (exact) mass is 342 g/mol. The van der Waals surface area contributed by atoms with Gasteiger partial charge in [0.25, 0.3) is 0 Å². The fourth-order valence-electron chi connectivity index (χ4n) is 3.52. The van der Waals surface area contributed by atoms with E-state index in [0.29, 0.717) is 6.04 Å². The summed E-state index contributed by atoms with van der Waals surface area (Å²) in [6.07, 6.45) is 3.49. The van der Waals surface area contributed by atoms with E-state index in [1.807, 2.05) is 6.07 Å². The highest BCUT2D eigenvalue weighted by Gasteiger charge is 2.24. The van der Waals surface area contributed by atoms with Crippen molar-refractivity contribution in [2.75, 3.05) is 16.8 Å². The Morgan fingerprint density at radius 1 is 0.885 bits per heavy atom. The van der Waals surface area contributed by atoms with Crippen LogP contribution in [-0.4, -0.2) is 22.6 Å². The summed E-state index contributed by atoms with van der Waals surface area (Å²) in [6.45, 7) is 1.90. The van der Waals surface area contributed by atoms with Crippen molar-refractivity contribution >= 4 is 11.8 Å². The number of nitrogens with zero attached hydrogens (tertiary/aromatic N) is 3. The van der Waals surface area contributed by atoms with E-state index < -0.39 is 0 Å². The second-order valence-corrected chi connectivity index (χ2v) is 7.16. The lowest BCUT2D eigenvalue weighted by Crippen LogP contribution is -2.31. The summed E-state index contributed by atoms with van der Waals surface area (Å²) in [7, 11) is 0. The molecular weight excluding hydrogens is 320 g/mol. The van der Waals surface area contributed by atoms with Crippen molar-refractivity contribution in [1.82, 2.24) is 9.97 Å². The Hall–Kier alpha value is -2.88. The lowest BCUT2D eigenvalue weighted by Gasteiger charge is -2.30. The molecule has 2 heterocycles. The highest BCUT2D eigenvalue weighted by molar-refractivity contribution is 5.65. The topological polar surface area (TPSA) is 41.1 Å². The van der Waals surface area contributed by atoms with Gasteiger partial charge < -0.3 is 10.2 Å². The summed E-state index contributed by atoms with van der Waals surface area (Å²) in [5.74, 6) is 1.76. The van der Waals surface area contributed by atoms with Crippen molar-refractivity contribution in [3.05, 3.63) is 71.8 Å². The molecule has 4 nitrogen and oxygen atoms in total. The second kappa shape index (κ2) is 6.45. The van der Waals surface area contributed by atoms with Crippen LogP contribution in [-0.2, 0) is 13.0 Å². The zero-order chi connectivity index (χ0) is 17.3. The molecule has 1 aromatic heterocycles. The molecule has 26 heavy (non-hydrogen) atoms. The highest BCUT2D eigenvalue weighted by Crippen LogP contribution is 2.29. The van der Waals surface area contributed by atoms with Crippen molar-refractivity contribution < 1.29 is 0 Å². The minimum atomic E-state index is 0.538. The summed E-state index contributed by atoms with van der Waals surface area (Å²) in [5.41, 5.74) is 4.97. The van der Waals surface area contributed by atoms with Crippen molar-refractivity contribution in [3.8, 4) is 11.3 Å². The van der Waals surface area contributed by atoms with E-state index in [9.17, 15) is 0 Å². The summed E-state index contributed by atoms with van der Waals surface area (Å²) in [5, 5.41) is 3.48. The highest BCUT2D eigenvalue weighted by atomic mass is 15.2. The van der Waals surface area contributed by atoms with E-state index in [-0.39, 0.29) is 0 Å². The molecule has 0 unspecified atom stereocenters. The van der Waals surface area contributed by atoms with Crippen LogP contribution in [0.25, 0.3) is 11.3 Å². The minimum Gasteiger partial charge on any atom is -0.352 e. The molecule has 1 aliphatic heterocycles. The Morgan fingerprint density at radius 3 is 2.46 bits per heavy atom. The Labute approximate surface area is 153 Å². The number of hydrogen-bond donors (Lipinski definition) is 1. The summed E-state index contributed by atoms with van der Waals surface area (Å²) >= 11 is 0. The average molecular weight is 342 g/mol. The van der Waals surface area contributed by atoms with E-state index >= 15 is 0 Å². The largest absolute Gasteiger partial charge is 0.352 e. The fraction of sp³-hybridized carbons (Fsp3) is 0.273. The van der Waals surface area contributed by atoms with Crippen LogP contribution in [0, 0.1) is 0 Å². The first-order chi connectivity index (χ1) is 12.8. The first-order valence-corrected chi connectivity index (χ1v) is 9.38. The molecule has 130 valence electrons. The Bertz CT molecular complexity index is 918. The van der Waals surface area contributed by atoms with Crippen molar-refractivity contribution in [3.63, 3.8) is 0 Å². The van der Waals surface area contributed by atoms with Gasteiger partial charge in [0, 0.05) is 30.8 Å². The number of rotatable bonds is 4. The fourth-order valence-corrected chi connectivity index (χ4v) is 3.52. The van der Waals surface area contributed by atoms with Gasteiger partial charge in [-0.15, -0.1) is 0 Å². The van der Waals surface area contributed by atoms with Crippen LogP contribution in [0.15, 0.2) is 60.7 Å². The first kappa shape index (κ1) is 15.4. The Morgan fingerprint density at radius 2 is 1.65 bits per heavy atom. The van der Waals surface area contributed by atoms with Crippen LogP contribution in [0.5, 0.6) is 0 Å². The number of nitrogens with one attached hydrogen (secondary N) is 1. The maximum absolute atomic E-state index is 4.84. The van der Waals surface area contributed by atoms with E-state index in [0.717, 1.165) is 42.5 Å². The van der Waals surface area contributed by atoms with E-state index in [1.54, 1.807) is 0 Å². The van der Waals surface area contributed by atoms with E-state index in [1.165, 1.54) is 24.0 Å². The zero-order valence-corrected chi connectivity index (χ0v) is 14.7. The molecule has 2 aliphatic rings. The second-order valence-electron chi connectivity index (χ2n) is 7.16. The molecule has 2 aromatic carbocycles. The van der Waals surface area contributed by atoms with Crippen molar-refractivity contribution in [2.24, 2.45) is 0 Å². The number of hydrogen-bond acceptors (Lipinski definition) is 4. The Kier molecular flexibility index (Phi) is 3.81. The number of benzene rings is 2. The van der Waals surface area contributed by atoms with E-state index in [4.69, 9.17) is 9.97 Å². The molecule has 0 bridgehead atoms. The van der Waals surface area contributed by atoms with Gasteiger partial charge in [0.15, 0.2) is 0 Å². The third-order valence-corrected chi connectivity index (χ3v) is 5.15. The standard InChI is InChI=1S/C22H22N4/c1-2-7-17(8-3-1)20-14-21(25-22(24-20)23-19-10-11-19)26-13-12-16-6-4-5-9-18(16)15-26/h1-9,14,19H,10-13,15H2,(H,23,24,25). The van der Waals surface area contributed by atoms with Crippen LogP contribution in [0.1, 0.15) is 24.0 Å². The molecular formula is C22H22N4. The van der Waals surface area contributed by atoms with Crippen LogP contribution >= 0.6 is 0 Å². The maximum Gasteiger partial charge on any atom is 0.225 e. The molecule has 0 radical (unpaired) electrons. The van der Waals surface area contributed by atoms with Crippen LogP contribution in [0.3, 0.4) is 0 Å². The van der Waals surface area contributed by atoms with Crippen molar-refractivity contribution in [1.29, 1.82) is 0 Å². The van der Waals surface area contributed by atoms with Gasteiger partial charge >= 0.3 is 0 Å². The molecule has 1 N–H and O–H groups in total. The van der Waals surface area contributed by atoms with E-state index in [2.05, 4.69) is 64.8 Å². The third kappa shape index (κ3) is 3.15. The predicted octanol–water partition coefficient (Wildman–Crippen LogP) is 4.28. The molecule has 0 spiro atoms. The molecule has 1 fully saturated rings. The SMILES string of the molecule is c1ccc(-c2cc(N3CCc4ccccc4C3)nc(NC3CC3)n2)cc1. The molecule has 3 aromatic rings. The smallest absolute Gasteiger partial charge is 0.225 e. The number of anilines is 2. The van der Waals surface area contributed by atoms with Gasteiger partial charge in [-0.2, -0.15) is 4.98 Å². The molecule has 1 aliphatic carbocycles. The maximum atomic E-state index is 4.84. The van der Waals surface area contributed by atoms with Gasteiger partial charge in [0.1, 0.15) is 5.82 Å². The lowest BCUT2D eigenvalue weighted by molar-refractivity contribution is 0.720. The van der Waals surface area contributed by atoms with Gasteiger partial charge in [-0.05, 0) is 30.4 Å². The molecule has 0 saturated heterocycles. The lowest BCUT2D eigenvalue weighted by atomic mass is 10.00. The van der Waals surface area contributed by atoms with Crippen LogP contribution < -0.4 is 10.2 Å². The average Bonchev–Trinajstić information content (AvgIpc) is 3.52. The quantitative estimate of drug-likeness (QED) is 0.768. The van der Waals surface area contributed by atoms with Gasteiger partial charge in [0.05, 0.1) is 5.69 Å². The zero-order valence-electron chi connectivity index (χ0n) is 14.7. The van der Waals surface area contributed by atoms with Gasteiger partial charge in [-0.25, -0.2) is 4.98 Å². The summed E-state index contributed by atoms with van der Waals surface area (Å²) in [6, 6.07) is 21.8. The molecule has 1 saturated carbocycles. The minimum absolute atomic E-state index is 0.538. The first-order valence-electron chi connectivity index (χ1n) is 9.38. The predicted molar refractivity (Wildman–Crippen MR) is 105 cm³/mol. The summed E-state index contributed by atoms with van der Waals surface area (Å²) < 4.78 is 0. The van der Waals surface area contributed by atoms with Crippen LogP contribution in [0.2, 0.25) is 0 Å². The van der Waals surface area contributed by atoms with Crippen LogP contribution in [0.4, 0.5) is 11.8 Å².